The molecule has 0 bridgehead atoms. The lowest BCUT2D eigenvalue weighted by molar-refractivity contribution is -0.138. The zero-order chi connectivity index (χ0) is 25.1. The highest BCUT2D eigenvalue weighted by molar-refractivity contribution is 5.96. The monoisotopic (exact) mass is 491 g/mol. The number of carbonyl (C=O) groups is 2. The van der Waals surface area contributed by atoms with Crippen molar-refractivity contribution in [2.24, 2.45) is 0 Å². The Kier molecular flexibility index (Phi) is 7.49. The Hall–Kier alpha value is -3.15. The van der Waals surface area contributed by atoms with E-state index in [0.717, 1.165) is 29.2 Å². The van der Waals surface area contributed by atoms with Crippen molar-refractivity contribution < 1.29 is 40.3 Å². The maximum absolute atomic E-state index is 14.2. The topological polar surface area (TPSA) is 52.7 Å². The lowest BCUT2D eigenvalue weighted by atomic mass is 10.0. The maximum atomic E-state index is 14.2. The van der Waals surface area contributed by atoms with Crippen LogP contribution in [0.15, 0.2) is 42.5 Å². The minimum Gasteiger partial charge on any atom is -0.337 e. The summed E-state index contributed by atoms with van der Waals surface area (Å²) in [7, 11) is 0. The van der Waals surface area contributed by atoms with Crippen LogP contribution in [0.4, 0.5) is 36.4 Å². The van der Waals surface area contributed by atoms with Crippen LogP contribution in [0.3, 0.4) is 0 Å². The number of nitrogens with zero attached hydrogens (tertiary/aromatic N) is 2. The second-order valence-corrected chi connectivity index (χ2v) is 7.67. The van der Waals surface area contributed by atoms with Gasteiger partial charge in [0, 0.05) is 26.2 Å². The molecule has 5 nitrogen and oxygen atoms in total. The van der Waals surface area contributed by atoms with E-state index in [4.69, 9.17) is 0 Å². The molecule has 0 spiro atoms. The molecule has 0 aromatic heterocycles. The average Bonchev–Trinajstić information content (AvgIpc) is 2.97. The Balaban J connectivity index is 1.66. The van der Waals surface area contributed by atoms with Crippen molar-refractivity contribution in [3.8, 4) is 0 Å². The van der Waals surface area contributed by atoms with Gasteiger partial charge in [-0.25, -0.2) is 4.39 Å². The molecule has 0 atom stereocenters. The number of hydrogen-bond donors (Lipinski definition) is 1. The summed E-state index contributed by atoms with van der Waals surface area (Å²) in [5.41, 5.74) is -3.83. The first-order valence-corrected chi connectivity index (χ1v) is 10.2. The van der Waals surface area contributed by atoms with Gasteiger partial charge in [0.1, 0.15) is 5.82 Å². The van der Waals surface area contributed by atoms with Crippen LogP contribution in [0.1, 0.15) is 27.9 Å². The van der Waals surface area contributed by atoms with Gasteiger partial charge in [0.25, 0.3) is 5.91 Å². The molecule has 2 amide bonds. The second kappa shape index (κ2) is 10.00. The van der Waals surface area contributed by atoms with E-state index in [0.29, 0.717) is 6.07 Å². The molecule has 3 rings (SSSR count). The first-order chi connectivity index (χ1) is 15.9. The number of benzene rings is 2. The molecule has 1 N–H and O–H groups in total. The Bertz CT molecular complexity index is 1050. The number of halogens is 7. The van der Waals surface area contributed by atoms with Gasteiger partial charge >= 0.3 is 12.4 Å². The van der Waals surface area contributed by atoms with Gasteiger partial charge in [-0.15, -0.1) is 0 Å². The Morgan fingerprint density at radius 2 is 1.47 bits per heavy atom. The third kappa shape index (κ3) is 6.04. The fraction of sp³-hybridized carbons (Fsp3) is 0.364. The molecule has 184 valence electrons. The number of amides is 2. The van der Waals surface area contributed by atoms with E-state index in [1.807, 2.05) is 0 Å². The number of anilines is 1. The second-order valence-electron chi connectivity index (χ2n) is 7.67. The van der Waals surface area contributed by atoms with Crippen molar-refractivity contribution in [2.45, 2.75) is 18.8 Å². The van der Waals surface area contributed by atoms with Gasteiger partial charge in [-0.05, 0) is 30.7 Å². The minimum atomic E-state index is -4.92. The molecule has 2 aromatic rings. The number of nitrogens with one attached hydrogen (secondary N) is 1. The number of rotatable bonds is 4. The summed E-state index contributed by atoms with van der Waals surface area (Å²) in [5.74, 6) is -3.12. The summed E-state index contributed by atoms with van der Waals surface area (Å²) in [6.07, 6.45) is -9.31. The van der Waals surface area contributed by atoms with Crippen LogP contribution in [0.25, 0.3) is 0 Å². The van der Waals surface area contributed by atoms with Crippen molar-refractivity contribution in [3.63, 3.8) is 0 Å². The summed E-state index contributed by atoms with van der Waals surface area (Å²) in [6.45, 7) is -0.0184. The molecule has 0 aliphatic carbocycles. The van der Waals surface area contributed by atoms with E-state index in [-0.39, 0.29) is 39.1 Å². The maximum Gasteiger partial charge on any atom is 0.418 e. The van der Waals surface area contributed by atoms with Gasteiger partial charge in [0.15, 0.2) is 0 Å². The summed E-state index contributed by atoms with van der Waals surface area (Å²) in [5, 5.41) is 2.22. The van der Waals surface area contributed by atoms with Crippen molar-refractivity contribution >= 4 is 17.5 Å². The van der Waals surface area contributed by atoms with Crippen molar-refractivity contribution in [3.05, 3.63) is 65.0 Å². The normalized spacial score (nSPS) is 15.7. The largest absolute Gasteiger partial charge is 0.418 e. The van der Waals surface area contributed by atoms with Crippen LogP contribution in [-0.2, 0) is 17.1 Å². The average molecular weight is 491 g/mol. The molecule has 0 saturated carbocycles. The number of alkyl halides is 6. The van der Waals surface area contributed by atoms with Gasteiger partial charge in [0.05, 0.1) is 28.9 Å². The van der Waals surface area contributed by atoms with Crippen molar-refractivity contribution in [2.75, 3.05) is 38.0 Å². The molecule has 1 aliphatic rings. The van der Waals surface area contributed by atoms with E-state index in [1.165, 1.54) is 12.1 Å². The number of carbonyl (C=O) groups excluding carboxylic acids is 2. The zero-order valence-corrected chi connectivity index (χ0v) is 17.6. The summed E-state index contributed by atoms with van der Waals surface area (Å²) < 4.78 is 93.3. The molecule has 0 radical (unpaired) electrons. The Morgan fingerprint density at radius 1 is 0.824 bits per heavy atom. The first-order valence-electron chi connectivity index (χ1n) is 10.2. The minimum absolute atomic E-state index is 0.0273. The van der Waals surface area contributed by atoms with Crippen LogP contribution in [-0.4, -0.2) is 54.3 Å². The summed E-state index contributed by atoms with van der Waals surface area (Å²) in [4.78, 5) is 27.7. The van der Waals surface area contributed by atoms with Gasteiger partial charge in [-0.2, -0.15) is 26.3 Å². The molecule has 12 heteroatoms. The fourth-order valence-corrected chi connectivity index (χ4v) is 3.70. The smallest absolute Gasteiger partial charge is 0.337 e. The van der Waals surface area contributed by atoms with Crippen LogP contribution >= 0.6 is 0 Å². The Morgan fingerprint density at radius 3 is 2.15 bits per heavy atom. The van der Waals surface area contributed by atoms with Gasteiger partial charge in [0.2, 0.25) is 5.91 Å². The lowest BCUT2D eigenvalue weighted by Crippen LogP contribution is -2.38. The van der Waals surface area contributed by atoms with Gasteiger partial charge in [-0.1, -0.05) is 18.2 Å². The molecule has 1 saturated heterocycles. The third-order valence-electron chi connectivity index (χ3n) is 5.28. The molecule has 1 fully saturated rings. The highest BCUT2D eigenvalue weighted by Crippen LogP contribution is 2.35. The summed E-state index contributed by atoms with van der Waals surface area (Å²) >= 11 is 0. The fourth-order valence-electron chi connectivity index (χ4n) is 3.70. The molecule has 1 heterocycles. The highest BCUT2D eigenvalue weighted by atomic mass is 19.4. The SMILES string of the molecule is O=C(CN1CCCN(C(=O)c2c(F)cccc2C(F)(F)F)CC1)Nc1ccccc1C(F)(F)F. The third-order valence-corrected chi connectivity index (χ3v) is 5.28. The lowest BCUT2D eigenvalue weighted by Gasteiger charge is -2.23. The van der Waals surface area contributed by atoms with Gasteiger partial charge < -0.3 is 10.2 Å². The molecular weight excluding hydrogens is 471 g/mol. The van der Waals surface area contributed by atoms with E-state index >= 15 is 0 Å². The predicted molar refractivity (Wildman–Crippen MR) is 108 cm³/mol. The van der Waals surface area contributed by atoms with Crippen LogP contribution in [0, 0.1) is 5.82 Å². The quantitative estimate of drug-likeness (QED) is 0.634. The van der Waals surface area contributed by atoms with E-state index < -0.39 is 52.4 Å². The van der Waals surface area contributed by atoms with E-state index in [2.05, 4.69) is 5.32 Å². The molecule has 34 heavy (non-hydrogen) atoms. The highest BCUT2D eigenvalue weighted by Gasteiger charge is 2.38. The van der Waals surface area contributed by atoms with E-state index in [1.54, 1.807) is 4.90 Å². The van der Waals surface area contributed by atoms with Crippen LogP contribution < -0.4 is 5.32 Å². The Labute approximate surface area is 190 Å². The first kappa shape index (κ1) is 25.5. The standard InChI is InChI=1S/C22H20F7N3O2/c23-16-7-3-6-15(22(27,28)29)19(16)20(34)32-10-4-9-31(11-12-32)13-18(33)30-17-8-2-1-5-14(17)21(24,25)26/h1-3,5-8H,4,9-13H2,(H,30,33). The number of para-hydroxylation sites is 1. The summed E-state index contributed by atoms with van der Waals surface area (Å²) in [6, 6.07) is 6.77. The van der Waals surface area contributed by atoms with Crippen molar-refractivity contribution in [1.82, 2.24) is 9.80 Å². The van der Waals surface area contributed by atoms with Crippen LogP contribution in [0.2, 0.25) is 0 Å². The van der Waals surface area contributed by atoms with Crippen molar-refractivity contribution in [1.29, 1.82) is 0 Å². The van der Waals surface area contributed by atoms with Crippen LogP contribution in [0.5, 0.6) is 0 Å². The number of hydrogen-bond acceptors (Lipinski definition) is 3. The molecule has 1 aliphatic heterocycles. The van der Waals surface area contributed by atoms with E-state index in [9.17, 15) is 40.3 Å². The molecular formula is C22H20F7N3O2. The molecule has 2 aromatic carbocycles. The predicted octanol–water partition coefficient (Wildman–Crippen LogP) is 4.65. The molecule has 0 unspecified atom stereocenters. The van der Waals surface area contributed by atoms with Gasteiger partial charge in [-0.3, -0.25) is 14.5 Å². The zero-order valence-electron chi connectivity index (χ0n) is 17.6.